The first-order valence-electron chi connectivity index (χ1n) is 6.10. The monoisotopic (exact) mass is 390 g/mol. The largest absolute Gasteiger partial charge is 0.430 e. The molecule has 0 fully saturated rings. The first-order chi connectivity index (χ1) is 10.2. The van der Waals surface area contributed by atoms with Gasteiger partial charge in [-0.15, -0.1) is 0 Å². The lowest BCUT2D eigenvalue weighted by Crippen LogP contribution is -1.82. The van der Waals surface area contributed by atoms with Crippen LogP contribution >= 0.6 is 22.6 Å². The second-order valence-electron chi connectivity index (χ2n) is 4.34. The normalized spacial score (nSPS) is 10.3. The summed E-state index contributed by atoms with van der Waals surface area (Å²) in [5.41, 5.74) is 2.89. The number of hydrogen-bond donors (Lipinski definition) is 0. The minimum Gasteiger partial charge on any atom is -0.430 e. The van der Waals surface area contributed by atoms with Gasteiger partial charge in [0.2, 0.25) is 5.89 Å². The first-order valence-corrected chi connectivity index (χ1v) is 7.18. The van der Waals surface area contributed by atoms with Crippen LogP contribution in [0.5, 0.6) is 0 Å². The Morgan fingerprint density at radius 3 is 2.24 bits per heavy atom. The van der Waals surface area contributed by atoms with Crippen molar-refractivity contribution in [3.8, 4) is 28.8 Å². The number of benzene rings is 2. The summed E-state index contributed by atoms with van der Waals surface area (Å²) in [4.78, 5) is 4.46. The van der Waals surface area contributed by atoms with Crippen molar-refractivity contribution in [1.82, 2.24) is 4.98 Å². The topological polar surface area (TPSA) is 49.8 Å². The SMILES string of the molecule is N#Cc1ccc(-c2nc(-c3ccc(F)cc3)oc2I)cc1. The maximum atomic E-state index is 12.9. The average Bonchev–Trinajstić information content (AvgIpc) is 2.90. The van der Waals surface area contributed by atoms with Crippen molar-refractivity contribution in [2.45, 2.75) is 0 Å². The lowest BCUT2D eigenvalue weighted by molar-refractivity contribution is 0.547. The van der Waals surface area contributed by atoms with Gasteiger partial charge in [-0.25, -0.2) is 9.37 Å². The first kappa shape index (κ1) is 13.8. The molecule has 21 heavy (non-hydrogen) atoms. The van der Waals surface area contributed by atoms with E-state index in [1.165, 1.54) is 12.1 Å². The molecular weight excluding hydrogens is 382 g/mol. The molecule has 0 amide bonds. The molecule has 2 aromatic carbocycles. The number of aromatic nitrogens is 1. The molecule has 3 aromatic rings. The third kappa shape index (κ3) is 2.81. The van der Waals surface area contributed by atoms with E-state index in [1.54, 1.807) is 24.3 Å². The van der Waals surface area contributed by atoms with E-state index in [9.17, 15) is 4.39 Å². The van der Waals surface area contributed by atoms with Crippen LogP contribution in [0.25, 0.3) is 22.7 Å². The van der Waals surface area contributed by atoms with E-state index in [0.717, 1.165) is 5.56 Å². The fourth-order valence-electron chi connectivity index (χ4n) is 1.90. The van der Waals surface area contributed by atoms with Gasteiger partial charge < -0.3 is 4.42 Å². The highest BCUT2D eigenvalue weighted by Crippen LogP contribution is 2.30. The van der Waals surface area contributed by atoms with E-state index in [4.69, 9.17) is 9.68 Å². The average molecular weight is 390 g/mol. The predicted molar refractivity (Wildman–Crippen MR) is 84.8 cm³/mol. The Morgan fingerprint density at radius 1 is 1.00 bits per heavy atom. The van der Waals surface area contributed by atoms with Crippen molar-refractivity contribution in [2.75, 3.05) is 0 Å². The van der Waals surface area contributed by atoms with Crippen LogP contribution in [-0.2, 0) is 0 Å². The third-order valence-corrected chi connectivity index (χ3v) is 3.70. The molecule has 0 unspecified atom stereocenters. The van der Waals surface area contributed by atoms with Crippen molar-refractivity contribution in [3.63, 3.8) is 0 Å². The maximum Gasteiger partial charge on any atom is 0.228 e. The molecule has 0 saturated carbocycles. The molecule has 1 heterocycles. The summed E-state index contributed by atoms with van der Waals surface area (Å²) in [6, 6.07) is 15.2. The Balaban J connectivity index is 2.01. The highest BCUT2D eigenvalue weighted by molar-refractivity contribution is 14.1. The Morgan fingerprint density at radius 2 is 1.62 bits per heavy atom. The van der Waals surface area contributed by atoms with Crippen molar-refractivity contribution in [3.05, 3.63) is 63.7 Å². The lowest BCUT2D eigenvalue weighted by atomic mass is 10.1. The molecule has 3 nitrogen and oxygen atoms in total. The summed E-state index contributed by atoms with van der Waals surface area (Å²) in [6.07, 6.45) is 0. The molecule has 3 rings (SSSR count). The molecule has 0 aliphatic rings. The number of oxazole rings is 1. The van der Waals surface area contributed by atoms with Crippen LogP contribution in [0.3, 0.4) is 0 Å². The highest BCUT2D eigenvalue weighted by atomic mass is 127. The van der Waals surface area contributed by atoms with Crippen molar-refractivity contribution in [2.24, 2.45) is 0 Å². The van der Waals surface area contributed by atoms with Crippen molar-refractivity contribution in [1.29, 1.82) is 5.26 Å². The molecule has 0 radical (unpaired) electrons. The van der Waals surface area contributed by atoms with Gasteiger partial charge in [0.05, 0.1) is 11.6 Å². The number of rotatable bonds is 2. The maximum absolute atomic E-state index is 12.9. The van der Waals surface area contributed by atoms with E-state index in [-0.39, 0.29) is 5.82 Å². The van der Waals surface area contributed by atoms with Crippen LogP contribution in [0.4, 0.5) is 4.39 Å². The van der Waals surface area contributed by atoms with Gasteiger partial charge >= 0.3 is 0 Å². The Hall–Kier alpha value is -2.20. The van der Waals surface area contributed by atoms with Gasteiger partial charge in [0.1, 0.15) is 11.5 Å². The van der Waals surface area contributed by atoms with Crippen LogP contribution in [0.15, 0.2) is 52.9 Å². The van der Waals surface area contributed by atoms with Gasteiger partial charge in [-0.1, -0.05) is 12.1 Å². The van der Waals surface area contributed by atoms with Gasteiger partial charge in [-0.3, -0.25) is 0 Å². The van der Waals surface area contributed by atoms with E-state index in [0.29, 0.717) is 26.5 Å². The number of nitriles is 1. The second kappa shape index (κ2) is 5.66. The molecular formula is C16H8FIN2O. The standard InChI is InChI=1S/C16H8FIN2O/c17-13-7-5-12(6-8-13)16-20-14(15(18)21-16)11-3-1-10(9-19)2-4-11/h1-8H. The minimum atomic E-state index is -0.299. The van der Waals surface area contributed by atoms with Crippen molar-refractivity contribution < 1.29 is 8.81 Å². The van der Waals surface area contributed by atoms with Crippen LogP contribution < -0.4 is 0 Å². The zero-order valence-corrected chi connectivity index (χ0v) is 12.8. The predicted octanol–water partition coefficient (Wildman–Crippen LogP) is 4.62. The van der Waals surface area contributed by atoms with Crippen molar-refractivity contribution >= 4 is 22.6 Å². The van der Waals surface area contributed by atoms with Gasteiger partial charge in [-0.2, -0.15) is 5.26 Å². The van der Waals surface area contributed by atoms with E-state index < -0.39 is 0 Å². The molecule has 0 aliphatic carbocycles. The summed E-state index contributed by atoms with van der Waals surface area (Å²) < 4.78 is 19.2. The third-order valence-electron chi connectivity index (χ3n) is 2.96. The number of halogens is 2. The van der Waals surface area contributed by atoms with E-state index in [2.05, 4.69) is 33.6 Å². The minimum absolute atomic E-state index is 0.299. The van der Waals surface area contributed by atoms with Gasteiger partial charge in [0.25, 0.3) is 0 Å². The smallest absolute Gasteiger partial charge is 0.228 e. The molecule has 0 atom stereocenters. The Labute approximate surface area is 134 Å². The lowest BCUT2D eigenvalue weighted by Gasteiger charge is -1.96. The van der Waals surface area contributed by atoms with Crippen LogP contribution in [0.2, 0.25) is 0 Å². The second-order valence-corrected chi connectivity index (χ2v) is 5.32. The molecule has 1 aromatic heterocycles. The summed E-state index contributed by atoms with van der Waals surface area (Å²) in [5, 5.41) is 8.81. The van der Waals surface area contributed by atoms with E-state index >= 15 is 0 Å². The van der Waals surface area contributed by atoms with Crippen LogP contribution in [0, 0.1) is 20.9 Å². The zero-order chi connectivity index (χ0) is 14.8. The summed E-state index contributed by atoms with van der Waals surface area (Å²) in [5.74, 6) is 0.145. The fraction of sp³-hybridized carbons (Fsp3) is 0. The fourth-order valence-corrected chi connectivity index (χ4v) is 2.54. The molecule has 0 saturated heterocycles. The molecule has 5 heteroatoms. The van der Waals surface area contributed by atoms with Gasteiger partial charge in [-0.05, 0) is 36.4 Å². The summed E-state index contributed by atoms with van der Waals surface area (Å²) >= 11 is 2.07. The number of nitrogens with zero attached hydrogens (tertiary/aromatic N) is 2. The Bertz CT molecular complexity index is 817. The number of hydrogen-bond acceptors (Lipinski definition) is 3. The quantitative estimate of drug-likeness (QED) is 0.600. The summed E-state index contributed by atoms with van der Waals surface area (Å²) in [6.45, 7) is 0. The Kier molecular flexibility index (Phi) is 3.71. The highest BCUT2D eigenvalue weighted by Gasteiger charge is 2.14. The molecule has 0 aliphatic heterocycles. The molecule has 102 valence electrons. The summed E-state index contributed by atoms with van der Waals surface area (Å²) in [7, 11) is 0. The van der Waals surface area contributed by atoms with Crippen LogP contribution in [-0.4, -0.2) is 4.98 Å². The molecule has 0 bridgehead atoms. The molecule has 0 N–H and O–H groups in total. The van der Waals surface area contributed by atoms with Gasteiger partial charge in [0, 0.05) is 33.7 Å². The molecule has 0 spiro atoms. The van der Waals surface area contributed by atoms with Crippen LogP contribution in [0.1, 0.15) is 5.56 Å². The van der Waals surface area contributed by atoms with Gasteiger partial charge in [0.15, 0.2) is 3.77 Å². The van der Waals surface area contributed by atoms with E-state index in [1.807, 2.05) is 12.1 Å². The zero-order valence-electron chi connectivity index (χ0n) is 10.7.